The van der Waals surface area contributed by atoms with Gasteiger partial charge in [0.15, 0.2) is 0 Å². The van der Waals surface area contributed by atoms with Gasteiger partial charge in [-0.25, -0.2) is 0 Å². The number of hydrogen-bond donors (Lipinski definition) is 0. The van der Waals surface area contributed by atoms with Crippen molar-refractivity contribution in [3.05, 3.63) is 31.3 Å². The minimum Gasteiger partial charge on any atom is -0.469 e. The molecule has 0 aliphatic carbocycles. The largest absolute Gasteiger partial charge is 0.469 e. The molecule has 0 aliphatic heterocycles. The summed E-state index contributed by atoms with van der Waals surface area (Å²) in [7, 11) is 1.40. The lowest BCUT2D eigenvalue weighted by atomic mass is 10.1. The van der Waals surface area contributed by atoms with E-state index < -0.39 is 0 Å². The molecule has 1 aromatic rings. The Morgan fingerprint density at radius 2 is 2.21 bits per heavy atom. The summed E-state index contributed by atoms with van der Waals surface area (Å²) in [4.78, 5) is 11.1. The van der Waals surface area contributed by atoms with Crippen LogP contribution < -0.4 is 0 Å². The Kier molecular flexibility index (Phi) is 4.37. The van der Waals surface area contributed by atoms with Gasteiger partial charge < -0.3 is 4.74 Å². The standard InChI is InChI=1S/C10H10BrIO2/c1-6-8(12)4-3-7(10(6)11)5-9(13)14-2/h3-4H,5H2,1-2H3. The molecule has 0 bridgehead atoms. The quantitative estimate of drug-likeness (QED) is 0.592. The number of hydrogen-bond acceptors (Lipinski definition) is 2. The van der Waals surface area contributed by atoms with Crippen molar-refractivity contribution in [3.63, 3.8) is 0 Å². The Morgan fingerprint density at radius 1 is 1.57 bits per heavy atom. The molecule has 4 heteroatoms. The molecular weight excluding hydrogens is 359 g/mol. The molecule has 0 heterocycles. The van der Waals surface area contributed by atoms with Gasteiger partial charge in [0.25, 0.3) is 0 Å². The number of benzene rings is 1. The highest BCUT2D eigenvalue weighted by molar-refractivity contribution is 14.1. The van der Waals surface area contributed by atoms with Crippen molar-refractivity contribution < 1.29 is 9.53 Å². The van der Waals surface area contributed by atoms with E-state index in [0.717, 1.165) is 15.6 Å². The summed E-state index contributed by atoms with van der Waals surface area (Å²) < 4.78 is 6.80. The Hall–Kier alpha value is -0.100. The minimum absolute atomic E-state index is 0.216. The predicted octanol–water partition coefficient (Wildman–Crippen LogP) is 3.08. The zero-order valence-corrected chi connectivity index (χ0v) is 11.7. The predicted molar refractivity (Wildman–Crippen MR) is 67.3 cm³/mol. The van der Waals surface area contributed by atoms with E-state index in [-0.39, 0.29) is 5.97 Å². The van der Waals surface area contributed by atoms with Gasteiger partial charge in [-0.15, -0.1) is 0 Å². The number of carbonyl (C=O) groups is 1. The lowest BCUT2D eigenvalue weighted by molar-refractivity contribution is -0.139. The molecule has 0 amide bonds. The highest BCUT2D eigenvalue weighted by Crippen LogP contribution is 2.26. The Labute approximate surface area is 105 Å². The van der Waals surface area contributed by atoms with E-state index in [4.69, 9.17) is 0 Å². The zero-order chi connectivity index (χ0) is 10.7. The maximum absolute atomic E-state index is 11.1. The molecule has 76 valence electrons. The van der Waals surface area contributed by atoms with Crippen LogP contribution in [-0.2, 0) is 16.0 Å². The van der Waals surface area contributed by atoms with Crippen LogP contribution in [0, 0.1) is 10.5 Å². The lowest BCUT2D eigenvalue weighted by Gasteiger charge is -2.07. The molecule has 2 nitrogen and oxygen atoms in total. The molecule has 0 N–H and O–H groups in total. The summed E-state index contributed by atoms with van der Waals surface area (Å²) in [6.45, 7) is 2.02. The first-order valence-electron chi connectivity index (χ1n) is 4.06. The third kappa shape index (κ3) is 2.70. The van der Waals surface area contributed by atoms with Gasteiger partial charge >= 0.3 is 5.97 Å². The normalized spacial score (nSPS) is 10.0. The summed E-state index contributed by atoms with van der Waals surface area (Å²) in [5.41, 5.74) is 2.13. The van der Waals surface area contributed by atoms with Crippen LogP contribution in [0.2, 0.25) is 0 Å². The van der Waals surface area contributed by atoms with E-state index in [2.05, 4.69) is 43.3 Å². The maximum Gasteiger partial charge on any atom is 0.310 e. The van der Waals surface area contributed by atoms with Gasteiger partial charge in [0, 0.05) is 8.04 Å². The molecule has 0 unspecified atom stereocenters. The molecular formula is C10H10BrIO2. The van der Waals surface area contributed by atoms with E-state index in [1.165, 1.54) is 10.7 Å². The SMILES string of the molecule is COC(=O)Cc1ccc(I)c(C)c1Br. The maximum atomic E-state index is 11.1. The first kappa shape index (κ1) is 12.0. The lowest BCUT2D eigenvalue weighted by Crippen LogP contribution is -2.05. The van der Waals surface area contributed by atoms with Crippen LogP contribution in [0.1, 0.15) is 11.1 Å². The van der Waals surface area contributed by atoms with Crippen molar-refractivity contribution in [2.45, 2.75) is 13.3 Å². The number of rotatable bonds is 2. The highest BCUT2D eigenvalue weighted by Gasteiger charge is 2.09. The van der Waals surface area contributed by atoms with Crippen molar-refractivity contribution >= 4 is 44.5 Å². The summed E-state index contributed by atoms with van der Waals surface area (Å²) >= 11 is 5.74. The zero-order valence-electron chi connectivity index (χ0n) is 7.93. The third-order valence-electron chi connectivity index (χ3n) is 1.96. The van der Waals surface area contributed by atoms with Crippen LogP contribution in [0.3, 0.4) is 0 Å². The summed E-state index contributed by atoms with van der Waals surface area (Å²) in [6, 6.07) is 3.94. The van der Waals surface area contributed by atoms with Gasteiger partial charge in [-0.2, -0.15) is 0 Å². The van der Waals surface area contributed by atoms with Crippen molar-refractivity contribution in [2.24, 2.45) is 0 Å². The van der Waals surface area contributed by atoms with Crippen LogP contribution in [0.15, 0.2) is 16.6 Å². The average molecular weight is 369 g/mol. The molecule has 0 saturated heterocycles. The van der Waals surface area contributed by atoms with Crippen LogP contribution >= 0.6 is 38.5 Å². The summed E-state index contributed by atoms with van der Waals surface area (Å²) in [5, 5.41) is 0. The van der Waals surface area contributed by atoms with Crippen molar-refractivity contribution in [1.29, 1.82) is 0 Å². The van der Waals surface area contributed by atoms with Crippen LogP contribution in [0.5, 0.6) is 0 Å². The monoisotopic (exact) mass is 368 g/mol. The molecule has 0 atom stereocenters. The third-order valence-corrected chi connectivity index (χ3v) is 4.24. The van der Waals surface area contributed by atoms with E-state index in [9.17, 15) is 4.79 Å². The Bertz CT molecular complexity index is 363. The van der Waals surface area contributed by atoms with Gasteiger partial charge in [-0.3, -0.25) is 4.79 Å². The van der Waals surface area contributed by atoms with E-state index in [1.807, 2.05) is 19.1 Å². The first-order chi connectivity index (χ1) is 6.56. The van der Waals surface area contributed by atoms with Crippen molar-refractivity contribution in [1.82, 2.24) is 0 Å². The second-order valence-corrected chi connectivity index (χ2v) is 4.85. The Balaban J connectivity index is 3.00. The van der Waals surface area contributed by atoms with E-state index >= 15 is 0 Å². The number of esters is 1. The summed E-state index contributed by atoms with van der Waals surface area (Å²) in [5.74, 6) is -0.216. The molecule has 1 aromatic carbocycles. The molecule has 0 radical (unpaired) electrons. The fourth-order valence-electron chi connectivity index (χ4n) is 1.08. The number of ether oxygens (including phenoxy) is 1. The topological polar surface area (TPSA) is 26.3 Å². The van der Waals surface area contributed by atoms with E-state index in [1.54, 1.807) is 0 Å². The fourth-order valence-corrected chi connectivity index (χ4v) is 2.39. The highest BCUT2D eigenvalue weighted by atomic mass is 127. The second-order valence-electron chi connectivity index (χ2n) is 2.90. The van der Waals surface area contributed by atoms with Gasteiger partial charge in [0.1, 0.15) is 0 Å². The van der Waals surface area contributed by atoms with Gasteiger partial charge in [0.05, 0.1) is 13.5 Å². The number of methoxy groups -OCH3 is 1. The first-order valence-corrected chi connectivity index (χ1v) is 5.93. The van der Waals surface area contributed by atoms with E-state index in [0.29, 0.717) is 6.42 Å². The molecule has 0 aromatic heterocycles. The van der Waals surface area contributed by atoms with Crippen LogP contribution in [0.25, 0.3) is 0 Å². The van der Waals surface area contributed by atoms with Gasteiger partial charge in [-0.05, 0) is 46.7 Å². The van der Waals surface area contributed by atoms with Crippen LogP contribution in [-0.4, -0.2) is 13.1 Å². The Morgan fingerprint density at radius 3 is 2.79 bits per heavy atom. The van der Waals surface area contributed by atoms with Crippen LogP contribution in [0.4, 0.5) is 0 Å². The smallest absolute Gasteiger partial charge is 0.310 e. The molecule has 0 spiro atoms. The van der Waals surface area contributed by atoms with Crippen molar-refractivity contribution in [3.8, 4) is 0 Å². The van der Waals surface area contributed by atoms with Crippen molar-refractivity contribution in [2.75, 3.05) is 7.11 Å². The summed E-state index contributed by atoms with van der Waals surface area (Å²) in [6.07, 6.45) is 0.314. The molecule has 0 saturated carbocycles. The van der Waals surface area contributed by atoms with Gasteiger partial charge in [-0.1, -0.05) is 22.0 Å². The number of carbonyl (C=O) groups excluding carboxylic acids is 1. The number of halogens is 2. The second kappa shape index (κ2) is 5.11. The molecule has 0 aliphatic rings. The fraction of sp³-hybridized carbons (Fsp3) is 0.300. The minimum atomic E-state index is -0.216. The molecule has 1 rings (SSSR count). The average Bonchev–Trinajstić information content (AvgIpc) is 2.19. The van der Waals surface area contributed by atoms with Gasteiger partial charge in [0.2, 0.25) is 0 Å². The molecule has 14 heavy (non-hydrogen) atoms. The molecule has 0 fully saturated rings.